The van der Waals surface area contributed by atoms with E-state index >= 15 is 0 Å². The first-order valence-corrected chi connectivity index (χ1v) is 6.93. The molecule has 1 aromatic heterocycles. The maximum atomic E-state index is 11.2. The predicted molar refractivity (Wildman–Crippen MR) is 83.1 cm³/mol. The summed E-state index contributed by atoms with van der Waals surface area (Å²) < 4.78 is 5.13. The monoisotopic (exact) mass is 288 g/mol. The van der Waals surface area contributed by atoms with E-state index in [1.165, 1.54) is 0 Å². The number of carboxylic acid groups (broad SMARTS) is 1. The molecule has 0 saturated carbocycles. The van der Waals surface area contributed by atoms with E-state index in [-0.39, 0.29) is 11.6 Å². The van der Waals surface area contributed by atoms with Crippen molar-refractivity contribution in [1.82, 2.24) is 4.98 Å². The van der Waals surface area contributed by atoms with Crippen molar-refractivity contribution in [3.8, 4) is 0 Å². The molecule has 1 heterocycles. The Balaban J connectivity index is 2.44. The number of rotatable bonds is 6. The minimum atomic E-state index is -0.935. The number of nitrogens with zero attached hydrogens (tertiary/aromatic N) is 2. The molecule has 2 aromatic rings. The first kappa shape index (κ1) is 15.3. The SMILES string of the molecule is COCCN(c1ccc2c(C(=O)O)cccc2n1)C(C)C. The largest absolute Gasteiger partial charge is 0.478 e. The third-order valence-corrected chi connectivity index (χ3v) is 3.40. The Bertz CT molecular complexity index is 640. The maximum absolute atomic E-state index is 11.2. The maximum Gasteiger partial charge on any atom is 0.336 e. The minimum absolute atomic E-state index is 0.277. The van der Waals surface area contributed by atoms with Gasteiger partial charge in [0.1, 0.15) is 5.82 Å². The van der Waals surface area contributed by atoms with Crippen molar-refractivity contribution >= 4 is 22.7 Å². The summed E-state index contributed by atoms with van der Waals surface area (Å²) in [6.45, 7) is 5.54. The second kappa shape index (κ2) is 6.54. The van der Waals surface area contributed by atoms with E-state index in [4.69, 9.17) is 4.74 Å². The van der Waals surface area contributed by atoms with Crippen LogP contribution in [0.1, 0.15) is 24.2 Å². The lowest BCUT2D eigenvalue weighted by molar-refractivity contribution is 0.0699. The fraction of sp³-hybridized carbons (Fsp3) is 0.375. The van der Waals surface area contributed by atoms with Crippen LogP contribution in [0.2, 0.25) is 0 Å². The van der Waals surface area contributed by atoms with Crippen LogP contribution in [0.5, 0.6) is 0 Å². The van der Waals surface area contributed by atoms with Crippen molar-refractivity contribution in [2.45, 2.75) is 19.9 Å². The summed E-state index contributed by atoms with van der Waals surface area (Å²) in [4.78, 5) is 18.0. The molecule has 21 heavy (non-hydrogen) atoms. The molecule has 0 atom stereocenters. The standard InChI is InChI=1S/C16H20N2O3/c1-11(2)18(9-10-21-3)15-8-7-12-13(16(19)20)5-4-6-14(12)17-15/h4-8,11H,9-10H2,1-3H3,(H,19,20). The molecule has 1 aromatic carbocycles. The number of methoxy groups -OCH3 is 1. The van der Waals surface area contributed by atoms with Crippen LogP contribution in [-0.2, 0) is 4.74 Å². The molecule has 5 nitrogen and oxygen atoms in total. The van der Waals surface area contributed by atoms with Gasteiger partial charge >= 0.3 is 5.97 Å². The molecule has 0 spiro atoms. The molecule has 0 amide bonds. The highest BCUT2D eigenvalue weighted by Gasteiger charge is 2.14. The molecule has 0 fully saturated rings. The van der Waals surface area contributed by atoms with Gasteiger partial charge in [-0.15, -0.1) is 0 Å². The van der Waals surface area contributed by atoms with Crippen molar-refractivity contribution in [3.05, 3.63) is 35.9 Å². The van der Waals surface area contributed by atoms with Crippen molar-refractivity contribution in [2.75, 3.05) is 25.2 Å². The molecule has 2 rings (SSSR count). The Morgan fingerprint density at radius 2 is 2.10 bits per heavy atom. The van der Waals surface area contributed by atoms with E-state index in [9.17, 15) is 9.90 Å². The molecule has 0 unspecified atom stereocenters. The van der Waals surface area contributed by atoms with Crippen LogP contribution in [-0.4, -0.2) is 42.4 Å². The van der Waals surface area contributed by atoms with Gasteiger partial charge in [-0.25, -0.2) is 9.78 Å². The molecular weight excluding hydrogens is 268 g/mol. The first-order valence-electron chi connectivity index (χ1n) is 6.93. The van der Waals surface area contributed by atoms with Crippen LogP contribution in [0.15, 0.2) is 30.3 Å². The Labute approximate surface area is 124 Å². The molecule has 0 aliphatic heterocycles. The smallest absolute Gasteiger partial charge is 0.336 e. The Morgan fingerprint density at radius 1 is 1.33 bits per heavy atom. The number of hydrogen-bond acceptors (Lipinski definition) is 4. The third-order valence-electron chi connectivity index (χ3n) is 3.40. The van der Waals surface area contributed by atoms with Gasteiger partial charge in [0.25, 0.3) is 0 Å². The molecule has 5 heteroatoms. The number of ether oxygens (including phenoxy) is 1. The Hall–Kier alpha value is -2.14. The highest BCUT2D eigenvalue weighted by atomic mass is 16.5. The van der Waals surface area contributed by atoms with Crippen LogP contribution in [0, 0.1) is 0 Å². The number of benzene rings is 1. The number of aromatic nitrogens is 1. The summed E-state index contributed by atoms with van der Waals surface area (Å²) in [6, 6.07) is 9.12. The molecule has 112 valence electrons. The molecule has 0 aliphatic rings. The second-order valence-corrected chi connectivity index (χ2v) is 5.13. The summed E-state index contributed by atoms with van der Waals surface area (Å²) in [5, 5.41) is 9.87. The zero-order valence-corrected chi connectivity index (χ0v) is 12.5. The number of hydrogen-bond donors (Lipinski definition) is 1. The number of carboxylic acids is 1. The van der Waals surface area contributed by atoms with Gasteiger partial charge in [0.2, 0.25) is 0 Å². The highest BCUT2D eigenvalue weighted by Crippen LogP contribution is 2.22. The number of fused-ring (bicyclic) bond motifs is 1. The molecule has 0 radical (unpaired) electrons. The van der Waals surface area contributed by atoms with E-state index in [0.29, 0.717) is 17.5 Å². The molecule has 0 bridgehead atoms. The van der Waals surface area contributed by atoms with Gasteiger partial charge in [-0.1, -0.05) is 6.07 Å². The zero-order valence-electron chi connectivity index (χ0n) is 12.5. The molecule has 0 aliphatic carbocycles. The third kappa shape index (κ3) is 3.31. The summed E-state index contributed by atoms with van der Waals surface area (Å²) >= 11 is 0. The van der Waals surface area contributed by atoms with Crippen molar-refractivity contribution in [2.24, 2.45) is 0 Å². The molecular formula is C16H20N2O3. The minimum Gasteiger partial charge on any atom is -0.478 e. The quantitative estimate of drug-likeness (QED) is 0.885. The first-order chi connectivity index (χ1) is 10.0. The Kier molecular flexibility index (Phi) is 4.75. The van der Waals surface area contributed by atoms with Crippen LogP contribution in [0.3, 0.4) is 0 Å². The van der Waals surface area contributed by atoms with Gasteiger partial charge < -0.3 is 14.7 Å². The summed E-state index contributed by atoms with van der Waals surface area (Å²) in [7, 11) is 1.67. The fourth-order valence-corrected chi connectivity index (χ4v) is 2.32. The Morgan fingerprint density at radius 3 is 2.71 bits per heavy atom. The number of carbonyl (C=O) groups is 1. The normalized spacial score (nSPS) is 11.0. The highest BCUT2D eigenvalue weighted by molar-refractivity contribution is 6.02. The van der Waals surface area contributed by atoms with Crippen molar-refractivity contribution < 1.29 is 14.6 Å². The van der Waals surface area contributed by atoms with E-state index < -0.39 is 5.97 Å². The van der Waals surface area contributed by atoms with Gasteiger partial charge in [-0.05, 0) is 38.1 Å². The number of pyridine rings is 1. The van der Waals surface area contributed by atoms with Crippen LogP contribution in [0.4, 0.5) is 5.82 Å². The lowest BCUT2D eigenvalue weighted by Gasteiger charge is -2.27. The van der Waals surface area contributed by atoms with Gasteiger partial charge in [0.15, 0.2) is 0 Å². The number of aromatic carboxylic acids is 1. The van der Waals surface area contributed by atoms with Gasteiger partial charge in [0.05, 0.1) is 17.7 Å². The van der Waals surface area contributed by atoms with Crippen molar-refractivity contribution in [1.29, 1.82) is 0 Å². The average molecular weight is 288 g/mol. The second-order valence-electron chi connectivity index (χ2n) is 5.13. The molecule has 0 saturated heterocycles. The van der Waals surface area contributed by atoms with E-state index in [1.807, 2.05) is 18.2 Å². The summed E-state index contributed by atoms with van der Waals surface area (Å²) in [5.74, 6) is -0.104. The zero-order chi connectivity index (χ0) is 15.4. The van der Waals surface area contributed by atoms with Crippen LogP contribution in [0.25, 0.3) is 10.9 Å². The topological polar surface area (TPSA) is 62.7 Å². The van der Waals surface area contributed by atoms with Gasteiger partial charge in [0, 0.05) is 25.1 Å². The van der Waals surface area contributed by atoms with E-state index in [1.54, 1.807) is 19.2 Å². The molecule has 1 N–H and O–H groups in total. The number of anilines is 1. The average Bonchev–Trinajstić information content (AvgIpc) is 2.46. The predicted octanol–water partition coefficient (Wildman–Crippen LogP) is 2.79. The summed E-state index contributed by atoms with van der Waals surface area (Å²) in [5.41, 5.74) is 0.968. The van der Waals surface area contributed by atoms with Gasteiger partial charge in [-0.2, -0.15) is 0 Å². The van der Waals surface area contributed by atoms with Crippen molar-refractivity contribution in [3.63, 3.8) is 0 Å². The van der Waals surface area contributed by atoms with Gasteiger partial charge in [-0.3, -0.25) is 0 Å². The lowest BCUT2D eigenvalue weighted by Crippen LogP contribution is -2.34. The van der Waals surface area contributed by atoms with E-state index in [0.717, 1.165) is 12.4 Å². The fourth-order valence-electron chi connectivity index (χ4n) is 2.32. The lowest BCUT2D eigenvalue weighted by atomic mass is 10.1. The van der Waals surface area contributed by atoms with E-state index in [2.05, 4.69) is 23.7 Å². The summed E-state index contributed by atoms with van der Waals surface area (Å²) in [6.07, 6.45) is 0. The van der Waals surface area contributed by atoms with Crippen LogP contribution < -0.4 is 4.90 Å². The van der Waals surface area contributed by atoms with Crippen LogP contribution >= 0.6 is 0 Å².